The van der Waals surface area contributed by atoms with Crippen LogP contribution in [-0.2, 0) is 18.4 Å². The molecule has 1 aromatic rings. The van der Waals surface area contributed by atoms with Crippen LogP contribution in [0.2, 0.25) is 0 Å². The molecule has 7 nitrogen and oxygen atoms in total. The molecule has 0 atom stereocenters. The average molecular weight is 294 g/mol. The van der Waals surface area contributed by atoms with Crippen LogP contribution in [0.25, 0.3) is 0 Å². The summed E-state index contributed by atoms with van der Waals surface area (Å²) in [6.45, 7) is 7.17. The van der Waals surface area contributed by atoms with Gasteiger partial charge in [0.25, 0.3) is 11.1 Å². The van der Waals surface area contributed by atoms with E-state index in [0.717, 1.165) is 0 Å². The van der Waals surface area contributed by atoms with E-state index in [-0.39, 0.29) is 17.0 Å². The Balaban J connectivity index is 3.56. The molecular weight excluding hydrogens is 272 g/mol. The third kappa shape index (κ3) is 4.34. The topological polar surface area (TPSA) is 88.9 Å². The van der Waals surface area contributed by atoms with Crippen molar-refractivity contribution >= 4 is 5.91 Å². The molecule has 0 aliphatic rings. The summed E-state index contributed by atoms with van der Waals surface area (Å²) in [4.78, 5) is 35.4. The van der Waals surface area contributed by atoms with E-state index in [0.29, 0.717) is 30.0 Å². The normalized spacial score (nSPS) is 10.1. The number of hydrogen-bond donors (Lipinski definition) is 2. The number of H-pyrrole nitrogens is 1. The van der Waals surface area contributed by atoms with Gasteiger partial charge in [0.1, 0.15) is 0 Å². The monoisotopic (exact) mass is 294 g/mol. The Bertz CT molecular complexity index is 708. The summed E-state index contributed by atoms with van der Waals surface area (Å²) in [5.74, 6) is -0.158. The Morgan fingerprint density at radius 3 is 2.48 bits per heavy atom. The largest absolute Gasteiger partial charge is 0.355 e. The molecule has 0 aromatic carbocycles. The molecule has 0 fully saturated rings. The second-order valence-electron chi connectivity index (χ2n) is 4.99. The summed E-state index contributed by atoms with van der Waals surface area (Å²) >= 11 is 0. The fraction of sp³-hybridized carbons (Fsp3) is 0.500. The second kappa shape index (κ2) is 6.92. The van der Waals surface area contributed by atoms with Gasteiger partial charge in [0.05, 0.1) is 0 Å². The maximum atomic E-state index is 12.3. The predicted molar refractivity (Wildman–Crippen MR) is 80.8 cm³/mol. The van der Waals surface area contributed by atoms with E-state index < -0.39 is 0 Å². The van der Waals surface area contributed by atoms with Crippen molar-refractivity contribution in [3.8, 4) is 0 Å². The molecular formula is C14H22N4O3. The van der Waals surface area contributed by atoms with Gasteiger partial charge in [-0.15, -0.1) is 0 Å². The van der Waals surface area contributed by atoms with Crippen molar-refractivity contribution in [2.24, 2.45) is 7.05 Å². The summed E-state index contributed by atoms with van der Waals surface area (Å²) < 4.78 is 2.84. The first-order valence-corrected chi connectivity index (χ1v) is 6.70. The molecule has 0 spiro atoms. The second-order valence-corrected chi connectivity index (χ2v) is 4.99. The first-order valence-electron chi connectivity index (χ1n) is 6.70. The van der Waals surface area contributed by atoms with Crippen LogP contribution < -0.4 is 16.4 Å². The molecule has 0 saturated heterocycles. The van der Waals surface area contributed by atoms with E-state index in [1.165, 1.54) is 22.2 Å². The lowest BCUT2D eigenvalue weighted by Crippen LogP contribution is -2.30. The van der Waals surface area contributed by atoms with Crippen LogP contribution >= 0.6 is 0 Å². The van der Waals surface area contributed by atoms with Gasteiger partial charge in [-0.3, -0.25) is 19.1 Å². The molecule has 1 heterocycles. The zero-order valence-corrected chi connectivity index (χ0v) is 13.1. The lowest BCUT2D eigenvalue weighted by molar-refractivity contribution is -0.118. The summed E-state index contributed by atoms with van der Waals surface area (Å²) in [5, 5.41) is 5.49. The van der Waals surface area contributed by atoms with Gasteiger partial charge < -0.3 is 15.0 Å². The van der Waals surface area contributed by atoms with Crippen LogP contribution in [-0.4, -0.2) is 26.8 Å². The van der Waals surface area contributed by atoms with Crippen molar-refractivity contribution in [3.05, 3.63) is 43.7 Å². The molecule has 0 saturated carbocycles. The van der Waals surface area contributed by atoms with Crippen LogP contribution in [0.4, 0.5) is 0 Å². The third-order valence-corrected chi connectivity index (χ3v) is 3.23. The molecule has 0 unspecified atom stereocenters. The Morgan fingerprint density at radius 1 is 1.29 bits per heavy atom. The summed E-state index contributed by atoms with van der Waals surface area (Å²) in [7, 11) is 1.61. The lowest BCUT2D eigenvalue weighted by Gasteiger charge is -2.09. The number of rotatable bonds is 3. The van der Waals surface area contributed by atoms with Crippen molar-refractivity contribution in [2.75, 3.05) is 6.54 Å². The highest BCUT2D eigenvalue weighted by atomic mass is 16.1. The number of nitrogens with one attached hydrogen (secondary N) is 2. The minimum atomic E-state index is -0.231. The molecule has 1 aromatic heterocycles. The Labute approximate surface area is 122 Å². The van der Waals surface area contributed by atoms with Crippen LogP contribution in [0, 0.1) is 20.8 Å². The van der Waals surface area contributed by atoms with Crippen molar-refractivity contribution in [3.63, 3.8) is 0 Å². The Morgan fingerprint density at radius 2 is 1.90 bits per heavy atom. The molecule has 1 amide bonds. The molecule has 0 aliphatic heterocycles. The van der Waals surface area contributed by atoms with Crippen molar-refractivity contribution in [1.82, 2.24) is 19.7 Å². The fourth-order valence-corrected chi connectivity index (χ4v) is 2.01. The van der Waals surface area contributed by atoms with E-state index in [4.69, 9.17) is 0 Å². The number of aryl methyl sites for hydroxylation is 2. The van der Waals surface area contributed by atoms with E-state index in [9.17, 15) is 14.4 Å². The standard InChI is InChI=1S/C14H22N4O3/c1-9-8-13(20)18(7-6-15-12(4)19)11(3)10(2)14(21)17(5)16-9/h8,16H,6-7H2,1-5H3,(H,15,19). The van der Waals surface area contributed by atoms with E-state index in [1.807, 2.05) is 0 Å². The smallest absolute Gasteiger partial charge is 0.269 e. The molecule has 2 N–H and O–H groups in total. The van der Waals surface area contributed by atoms with Gasteiger partial charge in [-0.1, -0.05) is 0 Å². The van der Waals surface area contributed by atoms with Gasteiger partial charge in [0, 0.05) is 50.1 Å². The number of amides is 1. The predicted octanol–water partition coefficient (Wildman–Crippen LogP) is 0.0609. The number of aromatic nitrogens is 3. The average Bonchev–Trinajstić information content (AvgIpc) is 2.41. The van der Waals surface area contributed by atoms with Gasteiger partial charge in [-0.2, -0.15) is 0 Å². The molecule has 116 valence electrons. The van der Waals surface area contributed by atoms with E-state index in [1.54, 1.807) is 27.8 Å². The number of carbonyl (C=O) groups excluding carboxylic acids is 1. The van der Waals surface area contributed by atoms with Crippen LogP contribution in [0.1, 0.15) is 23.9 Å². The first-order chi connectivity index (χ1) is 9.73. The third-order valence-electron chi connectivity index (χ3n) is 3.23. The summed E-state index contributed by atoms with van der Waals surface area (Å²) in [6.07, 6.45) is 0. The van der Waals surface area contributed by atoms with Crippen molar-refractivity contribution in [2.45, 2.75) is 34.2 Å². The van der Waals surface area contributed by atoms with Gasteiger partial charge in [0.15, 0.2) is 0 Å². The first kappa shape index (κ1) is 16.7. The highest BCUT2D eigenvalue weighted by molar-refractivity contribution is 5.72. The Kier molecular flexibility index (Phi) is 5.52. The SMILES string of the molecule is CC(=O)NCCn1c(C)c(C)c(=O)n(C)[nH]c(C)cc1=O. The molecule has 0 aliphatic carbocycles. The Hall–Kier alpha value is -2.31. The molecule has 7 heteroatoms. The maximum absolute atomic E-state index is 12.3. The van der Waals surface area contributed by atoms with E-state index >= 15 is 0 Å². The zero-order chi connectivity index (χ0) is 16.2. The van der Waals surface area contributed by atoms with E-state index in [2.05, 4.69) is 10.4 Å². The highest BCUT2D eigenvalue weighted by Crippen LogP contribution is 1.96. The van der Waals surface area contributed by atoms with Crippen LogP contribution in [0.5, 0.6) is 0 Å². The minimum absolute atomic E-state index is 0.158. The van der Waals surface area contributed by atoms with Gasteiger partial charge in [-0.05, 0) is 20.8 Å². The van der Waals surface area contributed by atoms with Crippen molar-refractivity contribution < 1.29 is 4.79 Å². The molecule has 0 bridgehead atoms. The van der Waals surface area contributed by atoms with Crippen LogP contribution in [0.3, 0.4) is 0 Å². The number of hydrogen-bond acceptors (Lipinski definition) is 3. The molecule has 0 radical (unpaired) electrons. The number of aromatic amines is 1. The quantitative estimate of drug-likeness (QED) is 0.826. The van der Waals surface area contributed by atoms with Gasteiger partial charge in [-0.25, -0.2) is 0 Å². The number of nitrogens with zero attached hydrogens (tertiary/aromatic N) is 2. The maximum Gasteiger partial charge on any atom is 0.269 e. The molecule has 21 heavy (non-hydrogen) atoms. The lowest BCUT2D eigenvalue weighted by atomic mass is 10.2. The highest BCUT2D eigenvalue weighted by Gasteiger charge is 2.05. The van der Waals surface area contributed by atoms with Gasteiger partial charge >= 0.3 is 0 Å². The zero-order valence-electron chi connectivity index (χ0n) is 13.1. The molecule has 1 rings (SSSR count). The van der Waals surface area contributed by atoms with Gasteiger partial charge in [0.2, 0.25) is 5.91 Å². The van der Waals surface area contributed by atoms with Crippen LogP contribution in [0.15, 0.2) is 15.7 Å². The minimum Gasteiger partial charge on any atom is -0.355 e. The summed E-state index contributed by atoms with van der Waals surface area (Å²) in [6, 6.07) is 1.43. The fourth-order valence-electron chi connectivity index (χ4n) is 2.01. The summed E-state index contributed by atoms with van der Waals surface area (Å²) in [5.41, 5.74) is 1.19. The van der Waals surface area contributed by atoms with Crippen molar-refractivity contribution in [1.29, 1.82) is 0 Å². The number of carbonyl (C=O) groups is 1.